The maximum absolute atomic E-state index is 11.7. The molecule has 230 valence electrons. The van der Waals surface area contributed by atoms with Crippen molar-refractivity contribution < 1.29 is 55.7 Å². The summed E-state index contributed by atoms with van der Waals surface area (Å²) >= 11 is 0. The highest BCUT2D eigenvalue weighted by Gasteiger charge is 2.46. The summed E-state index contributed by atoms with van der Waals surface area (Å²) in [6.07, 6.45) is -1.74. The summed E-state index contributed by atoms with van der Waals surface area (Å²) in [7, 11) is 0. The van der Waals surface area contributed by atoms with Gasteiger partial charge in [0, 0.05) is 18.8 Å². The molecular formula is C25H32F6N4O6. The van der Waals surface area contributed by atoms with Crippen molar-refractivity contribution in [1.82, 2.24) is 19.6 Å². The van der Waals surface area contributed by atoms with Gasteiger partial charge in [0.2, 0.25) is 0 Å². The summed E-state index contributed by atoms with van der Waals surface area (Å²) in [6, 6.07) is 4.47. The van der Waals surface area contributed by atoms with E-state index in [0.29, 0.717) is 5.41 Å². The number of hydrogen-bond donors (Lipinski definition) is 3. The number of aromatic nitrogens is 2. The van der Waals surface area contributed by atoms with Gasteiger partial charge in [0.05, 0.1) is 18.0 Å². The molecule has 0 aromatic carbocycles. The minimum absolute atomic E-state index is 0.0642. The van der Waals surface area contributed by atoms with Crippen molar-refractivity contribution in [3.8, 4) is 0 Å². The Hall–Kier alpha value is -3.56. The zero-order chi connectivity index (χ0) is 31.2. The molecule has 3 heterocycles. The Labute approximate surface area is 231 Å². The highest BCUT2D eigenvalue weighted by Crippen LogP contribution is 2.49. The number of alkyl carbamates (subject to hydrolysis) is 1. The molecule has 2 aromatic rings. The summed E-state index contributed by atoms with van der Waals surface area (Å²) in [6.45, 7) is 9.05. The first-order valence-corrected chi connectivity index (χ1v) is 12.5. The lowest BCUT2D eigenvalue weighted by Gasteiger charge is -2.52. The predicted molar refractivity (Wildman–Crippen MR) is 132 cm³/mol. The van der Waals surface area contributed by atoms with Gasteiger partial charge in [-0.3, -0.25) is 4.90 Å². The number of imidazole rings is 1. The third kappa shape index (κ3) is 10.4. The first kappa shape index (κ1) is 33.6. The second-order valence-electron chi connectivity index (χ2n) is 10.3. The lowest BCUT2D eigenvalue weighted by atomic mass is 9.60. The number of nitrogens with one attached hydrogen (secondary N) is 1. The minimum atomic E-state index is -5.08. The van der Waals surface area contributed by atoms with E-state index in [-0.39, 0.29) is 18.2 Å². The zero-order valence-electron chi connectivity index (χ0n) is 22.6. The van der Waals surface area contributed by atoms with Crippen LogP contribution >= 0.6 is 0 Å². The second kappa shape index (κ2) is 13.4. The van der Waals surface area contributed by atoms with E-state index in [2.05, 4.69) is 44.9 Å². The Bertz CT molecular complexity index is 1170. The van der Waals surface area contributed by atoms with Crippen LogP contribution in [0.2, 0.25) is 0 Å². The van der Waals surface area contributed by atoms with Gasteiger partial charge in [-0.15, -0.1) is 0 Å². The van der Waals surface area contributed by atoms with Crippen molar-refractivity contribution in [2.45, 2.75) is 77.5 Å². The molecule has 16 heteroatoms. The van der Waals surface area contributed by atoms with Crippen molar-refractivity contribution in [3.63, 3.8) is 0 Å². The number of halogens is 6. The molecule has 2 aliphatic rings. The van der Waals surface area contributed by atoms with Crippen LogP contribution in [-0.2, 0) is 20.9 Å². The zero-order valence-corrected chi connectivity index (χ0v) is 22.6. The number of fused-ring (bicyclic) bond motifs is 1. The molecule has 0 unspecified atom stereocenters. The fourth-order valence-electron chi connectivity index (χ4n) is 4.58. The number of aryl methyl sites for hydroxylation is 1. The van der Waals surface area contributed by atoms with Crippen molar-refractivity contribution in [2.75, 3.05) is 13.1 Å². The Morgan fingerprint density at radius 1 is 1.05 bits per heavy atom. The molecule has 1 saturated heterocycles. The van der Waals surface area contributed by atoms with Crippen LogP contribution in [0.3, 0.4) is 0 Å². The monoisotopic (exact) mass is 598 g/mol. The van der Waals surface area contributed by atoms with Gasteiger partial charge in [-0.2, -0.15) is 26.3 Å². The second-order valence-corrected chi connectivity index (χ2v) is 10.3. The van der Waals surface area contributed by atoms with E-state index in [1.165, 1.54) is 24.1 Å². The molecule has 41 heavy (non-hydrogen) atoms. The number of aliphatic carboxylic acids is 2. The number of carboxylic acids is 2. The van der Waals surface area contributed by atoms with Gasteiger partial charge in [0.1, 0.15) is 5.65 Å². The molecular weight excluding hydrogens is 566 g/mol. The summed E-state index contributed by atoms with van der Waals surface area (Å²) < 4.78 is 70.9. The van der Waals surface area contributed by atoms with Crippen LogP contribution in [0.1, 0.15) is 50.8 Å². The van der Waals surface area contributed by atoms with Gasteiger partial charge in [0.25, 0.3) is 0 Å². The van der Waals surface area contributed by atoms with E-state index < -0.39 is 24.3 Å². The average Bonchev–Trinajstić information content (AvgIpc) is 3.20. The first-order valence-electron chi connectivity index (χ1n) is 12.5. The van der Waals surface area contributed by atoms with E-state index in [9.17, 15) is 31.1 Å². The molecule has 10 nitrogen and oxygen atoms in total. The van der Waals surface area contributed by atoms with Gasteiger partial charge < -0.3 is 24.7 Å². The number of pyridine rings is 1. The summed E-state index contributed by atoms with van der Waals surface area (Å²) in [5, 5.41) is 17.3. The maximum Gasteiger partial charge on any atom is 0.490 e. The van der Waals surface area contributed by atoms with Crippen LogP contribution in [0.25, 0.3) is 5.65 Å². The Kier molecular flexibility index (Phi) is 11.0. The number of ether oxygens (including phenoxy) is 1. The molecule has 1 amide bonds. The van der Waals surface area contributed by atoms with E-state index in [1.54, 1.807) is 0 Å². The first-order chi connectivity index (χ1) is 18.8. The summed E-state index contributed by atoms with van der Waals surface area (Å²) in [5.74, 6) is -5.51. The maximum atomic E-state index is 11.7. The third-order valence-corrected chi connectivity index (χ3v) is 6.54. The molecule has 1 spiro atoms. The van der Waals surface area contributed by atoms with Crippen molar-refractivity contribution in [3.05, 3.63) is 35.8 Å². The molecule has 2 aromatic heterocycles. The van der Waals surface area contributed by atoms with Gasteiger partial charge >= 0.3 is 30.4 Å². The van der Waals surface area contributed by atoms with Crippen LogP contribution in [0.15, 0.2) is 24.5 Å². The smallest absolute Gasteiger partial charge is 0.475 e. The van der Waals surface area contributed by atoms with Crippen LogP contribution in [0.5, 0.6) is 0 Å². The number of likely N-dealkylation sites (tertiary alicyclic amines) is 1. The number of alkyl halides is 6. The van der Waals surface area contributed by atoms with Crippen molar-refractivity contribution >= 4 is 23.7 Å². The largest absolute Gasteiger partial charge is 0.490 e. The van der Waals surface area contributed by atoms with Gasteiger partial charge in [-0.25, -0.2) is 19.4 Å². The standard InChI is InChI=1S/C21H30N4O2.2C2HF3O2/c1-15(2)27-20(26)23-17-10-21(11-17)6-8-24(9-7-21)14-18-12-22-19-5-4-16(3)13-25(18)19;2*3-2(4,5)1(6)7/h4-5,12-13,15,17H,6-11,14H2,1-3H3,(H,23,26);2*(H,6,7). The topological polar surface area (TPSA) is 133 Å². The number of rotatable bonds is 4. The quantitative estimate of drug-likeness (QED) is 0.428. The molecule has 1 saturated carbocycles. The lowest BCUT2D eigenvalue weighted by molar-refractivity contribution is -0.193. The molecule has 1 aliphatic carbocycles. The normalized spacial score (nSPS) is 17.1. The Morgan fingerprint density at radius 2 is 1.56 bits per heavy atom. The van der Waals surface area contributed by atoms with Crippen LogP contribution in [0, 0.1) is 12.3 Å². The number of nitrogens with zero attached hydrogens (tertiary/aromatic N) is 3. The number of hydrogen-bond acceptors (Lipinski definition) is 6. The number of carboxylic acid groups (broad SMARTS) is 2. The van der Waals surface area contributed by atoms with Crippen molar-refractivity contribution in [1.29, 1.82) is 0 Å². The molecule has 4 rings (SSSR count). The van der Waals surface area contributed by atoms with E-state index >= 15 is 0 Å². The number of amides is 1. The molecule has 1 aliphatic heterocycles. The van der Waals surface area contributed by atoms with Crippen LogP contribution in [-0.4, -0.2) is 80.1 Å². The van der Waals surface area contributed by atoms with Gasteiger partial charge in [-0.05, 0) is 76.6 Å². The van der Waals surface area contributed by atoms with Crippen LogP contribution in [0.4, 0.5) is 31.1 Å². The Morgan fingerprint density at radius 3 is 2.02 bits per heavy atom. The van der Waals surface area contributed by atoms with Gasteiger partial charge in [-0.1, -0.05) is 6.07 Å². The summed E-state index contributed by atoms with van der Waals surface area (Å²) in [4.78, 5) is 36.6. The predicted octanol–water partition coefficient (Wildman–Crippen LogP) is 4.79. The number of carbonyl (C=O) groups is 3. The van der Waals surface area contributed by atoms with Crippen LogP contribution < -0.4 is 5.32 Å². The fourth-order valence-corrected chi connectivity index (χ4v) is 4.58. The minimum Gasteiger partial charge on any atom is -0.475 e. The van der Waals surface area contributed by atoms with E-state index in [1.807, 2.05) is 20.0 Å². The molecule has 3 N–H and O–H groups in total. The lowest BCUT2D eigenvalue weighted by Crippen LogP contribution is -2.55. The number of piperidine rings is 1. The Balaban J connectivity index is 0.000000349. The molecule has 2 fully saturated rings. The fraction of sp³-hybridized carbons (Fsp3) is 0.600. The molecule has 0 radical (unpaired) electrons. The highest BCUT2D eigenvalue weighted by molar-refractivity contribution is 5.73. The summed E-state index contributed by atoms with van der Waals surface area (Å²) in [5.41, 5.74) is 3.95. The molecule has 0 atom stereocenters. The SMILES string of the molecule is Cc1ccc2ncc(CN3CCC4(CC3)CC(NC(=O)OC(C)C)C4)n2c1.O=C(O)C(F)(F)F.O=C(O)C(F)(F)F. The highest BCUT2D eigenvalue weighted by atomic mass is 19.4. The van der Waals surface area contributed by atoms with E-state index in [4.69, 9.17) is 24.5 Å². The third-order valence-electron chi connectivity index (χ3n) is 6.54. The van der Waals surface area contributed by atoms with Gasteiger partial charge in [0.15, 0.2) is 0 Å². The van der Waals surface area contributed by atoms with Crippen molar-refractivity contribution in [2.24, 2.45) is 5.41 Å². The number of carbonyl (C=O) groups excluding carboxylic acids is 1. The molecule has 0 bridgehead atoms. The van der Waals surface area contributed by atoms with E-state index in [0.717, 1.165) is 38.1 Å². The average molecular weight is 599 g/mol.